The molecule has 1 aromatic carbocycles. The molecule has 0 radical (unpaired) electrons. The molecule has 2 rings (SSSR count). The molecule has 1 aliphatic carbocycles. The first-order valence-corrected chi connectivity index (χ1v) is 5.94. The third-order valence-corrected chi connectivity index (χ3v) is 3.03. The monoisotopic (exact) mass is 263 g/mol. The van der Waals surface area contributed by atoms with Gasteiger partial charge in [0.15, 0.2) is 0 Å². The highest BCUT2D eigenvalue weighted by Gasteiger charge is 2.07. The maximum atomic E-state index is 10.8. The van der Waals surface area contributed by atoms with Crippen molar-refractivity contribution in [3.8, 4) is 0 Å². The number of hydrogen-bond acceptors (Lipinski definition) is 4. The summed E-state index contributed by atoms with van der Waals surface area (Å²) >= 11 is 5.74. The number of carbonyl (C=O) groups excluding carboxylic acids is 1. The van der Waals surface area contributed by atoms with Crippen LogP contribution in [0.5, 0.6) is 0 Å². The second kappa shape index (κ2) is 5.23. The van der Waals surface area contributed by atoms with Gasteiger partial charge in [-0.25, -0.2) is 0 Å². The Hall–Kier alpha value is -1.81. The summed E-state index contributed by atoms with van der Waals surface area (Å²) in [5.41, 5.74) is 5.60. The number of aromatic carboxylic acids is 1. The number of carboxylic acid groups (broad SMARTS) is 1. The topological polar surface area (TPSA) is 64.5 Å². The van der Waals surface area contributed by atoms with Gasteiger partial charge in [-0.05, 0) is 44.0 Å². The molecule has 94 valence electrons. The van der Waals surface area contributed by atoms with E-state index < -0.39 is 5.97 Å². The summed E-state index contributed by atoms with van der Waals surface area (Å²) < 4.78 is 0. The third-order valence-electron chi connectivity index (χ3n) is 2.70. The van der Waals surface area contributed by atoms with Gasteiger partial charge in [-0.15, -0.1) is 0 Å². The third kappa shape index (κ3) is 2.90. The van der Waals surface area contributed by atoms with Gasteiger partial charge in [0.2, 0.25) is 0 Å². The van der Waals surface area contributed by atoms with Gasteiger partial charge in [-0.2, -0.15) is 5.10 Å². The number of allylic oxidation sites excluding steroid dienone is 2. The molecule has 0 fully saturated rings. The minimum Gasteiger partial charge on any atom is -0.545 e. The van der Waals surface area contributed by atoms with E-state index >= 15 is 0 Å². The number of hydrazone groups is 1. The van der Waals surface area contributed by atoms with Crippen LogP contribution < -0.4 is 10.5 Å². The van der Waals surface area contributed by atoms with Crippen LogP contribution in [-0.2, 0) is 0 Å². The highest BCUT2D eigenvalue weighted by atomic mass is 35.5. The van der Waals surface area contributed by atoms with Crippen LogP contribution in [0.15, 0.2) is 34.9 Å². The Morgan fingerprint density at radius 3 is 2.83 bits per heavy atom. The number of benzene rings is 1. The molecular weight excluding hydrogens is 252 g/mol. The van der Waals surface area contributed by atoms with Gasteiger partial charge in [-0.3, -0.25) is 5.43 Å². The van der Waals surface area contributed by atoms with Crippen molar-refractivity contribution in [1.82, 2.24) is 0 Å². The van der Waals surface area contributed by atoms with Crippen LogP contribution in [0.25, 0.3) is 0 Å². The quantitative estimate of drug-likeness (QED) is 0.851. The number of carboxylic acids is 1. The largest absolute Gasteiger partial charge is 0.545 e. The molecule has 0 amide bonds. The molecule has 0 aromatic heterocycles. The lowest BCUT2D eigenvalue weighted by Crippen LogP contribution is -2.22. The molecule has 0 spiro atoms. The van der Waals surface area contributed by atoms with Crippen LogP contribution in [0, 0.1) is 0 Å². The number of nitrogens with one attached hydrogen (secondary N) is 1. The van der Waals surface area contributed by atoms with Crippen molar-refractivity contribution < 1.29 is 9.90 Å². The molecule has 5 heteroatoms. The maximum absolute atomic E-state index is 10.8. The second-order valence-electron chi connectivity index (χ2n) is 4.19. The molecule has 1 aromatic rings. The van der Waals surface area contributed by atoms with Crippen LogP contribution in [0.4, 0.5) is 5.69 Å². The second-order valence-corrected chi connectivity index (χ2v) is 4.59. The molecule has 0 saturated heterocycles. The Morgan fingerprint density at radius 2 is 2.22 bits per heavy atom. The molecular formula is C13H12ClN2O2-. The summed E-state index contributed by atoms with van der Waals surface area (Å²) in [5.74, 6) is -1.30. The van der Waals surface area contributed by atoms with E-state index in [2.05, 4.69) is 17.5 Å². The molecule has 0 aliphatic heterocycles. The van der Waals surface area contributed by atoms with E-state index in [1.165, 1.54) is 17.7 Å². The molecule has 18 heavy (non-hydrogen) atoms. The van der Waals surface area contributed by atoms with E-state index in [0.717, 1.165) is 18.6 Å². The summed E-state index contributed by atoms with van der Waals surface area (Å²) in [4.78, 5) is 10.8. The van der Waals surface area contributed by atoms with Crippen LogP contribution in [0.2, 0.25) is 5.02 Å². The van der Waals surface area contributed by atoms with Crippen molar-refractivity contribution in [2.75, 3.05) is 5.43 Å². The number of nitrogens with zero attached hydrogens (tertiary/aromatic N) is 1. The van der Waals surface area contributed by atoms with Crippen molar-refractivity contribution in [1.29, 1.82) is 0 Å². The first-order chi connectivity index (χ1) is 8.56. The molecule has 0 atom stereocenters. The first-order valence-electron chi connectivity index (χ1n) is 5.57. The minimum absolute atomic E-state index is 0.0417. The number of hydrogen-bond donors (Lipinski definition) is 1. The zero-order valence-corrected chi connectivity index (χ0v) is 10.6. The molecule has 4 nitrogen and oxygen atoms in total. The lowest BCUT2D eigenvalue weighted by molar-refractivity contribution is -0.255. The zero-order valence-electron chi connectivity index (χ0n) is 9.87. The fourth-order valence-corrected chi connectivity index (χ4v) is 1.92. The molecule has 0 saturated carbocycles. The molecule has 0 unspecified atom stereocenters. The van der Waals surface area contributed by atoms with Crippen molar-refractivity contribution in [3.63, 3.8) is 0 Å². The summed E-state index contributed by atoms with van der Waals surface area (Å²) in [6, 6.07) is 4.59. The van der Waals surface area contributed by atoms with Crippen molar-refractivity contribution in [2.45, 2.75) is 19.8 Å². The van der Waals surface area contributed by atoms with Crippen molar-refractivity contribution >= 4 is 29.0 Å². The van der Waals surface area contributed by atoms with Crippen LogP contribution in [0.1, 0.15) is 30.1 Å². The normalized spacial score (nSPS) is 16.8. The number of halogens is 1. The van der Waals surface area contributed by atoms with E-state index in [-0.39, 0.29) is 10.6 Å². The Kier molecular flexibility index (Phi) is 3.67. The zero-order chi connectivity index (χ0) is 13.1. The number of rotatable bonds is 3. The van der Waals surface area contributed by atoms with Gasteiger partial charge in [-0.1, -0.05) is 17.2 Å². The average Bonchev–Trinajstić information content (AvgIpc) is 2.74. The fourth-order valence-electron chi connectivity index (χ4n) is 1.73. The van der Waals surface area contributed by atoms with Crippen LogP contribution in [0.3, 0.4) is 0 Å². The van der Waals surface area contributed by atoms with Gasteiger partial charge in [0.05, 0.1) is 17.4 Å². The van der Waals surface area contributed by atoms with Crippen LogP contribution in [-0.4, -0.2) is 11.7 Å². The molecule has 0 heterocycles. The van der Waals surface area contributed by atoms with Gasteiger partial charge < -0.3 is 9.90 Å². The maximum Gasteiger partial charge on any atom is 0.0731 e. The van der Waals surface area contributed by atoms with Crippen molar-refractivity contribution in [3.05, 3.63) is 40.4 Å². The lowest BCUT2D eigenvalue weighted by atomic mass is 10.2. The Balaban J connectivity index is 2.15. The summed E-state index contributed by atoms with van der Waals surface area (Å²) in [6.45, 7) is 2.05. The Morgan fingerprint density at radius 1 is 1.44 bits per heavy atom. The van der Waals surface area contributed by atoms with E-state index in [1.54, 1.807) is 6.07 Å². The highest BCUT2D eigenvalue weighted by molar-refractivity contribution is 6.33. The van der Waals surface area contributed by atoms with E-state index in [9.17, 15) is 9.90 Å². The van der Waals surface area contributed by atoms with Gasteiger partial charge >= 0.3 is 0 Å². The van der Waals surface area contributed by atoms with E-state index in [4.69, 9.17) is 11.6 Å². The predicted molar refractivity (Wildman–Crippen MR) is 69.8 cm³/mol. The smallest absolute Gasteiger partial charge is 0.0731 e. The molecule has 0 bridgehead atoms. The standard InChI is InChI=1S/C13H13ClN2O2/c1-8-2-3-9(6-8)15-16-10-4-5-12(14)11(7-10)13(17)18/h4-7,16H,2-3H2,1H3,(H,17,18)/p-1/b15-9+. The average molecular weight is 264 g/mol. The first kappa shape index (κ1) is 12.6. The fraction of sp³-hybridized carbons (Fsp3) is 0.231. The van der Waals surface area contributed by atoms with Crippen LogP contribution >= 0.6 is 11.6 Å². The van der Waals surface area contributed by atoms with Gasteiger partial charge in [0, 0.05) is 10.6 Å². The van der Waals surface area contributed by atoms with E-state index in [0.29, 0.717) is 5.69 Å². The molecule has 1 N–H and O–H groups in total. The molecule has 1 aliphatic rings. The lowest BCUT2D eigenvalue weighted by Gasteiger charge is -2.08. The van der Waals surface area contributed by atoms with E-state index in [1.807, 2.05) is 6.08 Å². The van der Waals surface area contributed by atoms with Crippen molar-refractivity contribution in [2.24, 2.45) is 5.10 Å². The number of carbonyl (C=O) groups is 1. The summed E-state index contributed by atoms with van der Waals surface area (Å²) in [7, 11) is 0. The summed E-state index contributed by atoms with van der Waals surface area (Å²) in [6.07, 6.45) is 3.94. The number of anilines is 1. The minimum atomic E-state index is -1.30. The summed E-state index contributed by atoms with van der Waals surface area (Å²) in [5, 5.41) is 15.2. The SMILES string of the molecule is CC1=C/C(=N/Nc2ccc(Cl)c(C(=O)[O-])c2)CC1. The highest BCUT2D eigenvalue weighted by Crippen LogP contribution is 2.21. The Labute approximate surface area is 110 Å². The Bertz CT molecular complexity index is 550. The predicted octanol–water partition coefficient (Wildman–Crippen LogP) is 2.21. The van der Waals surface area contributed by atoms with Gasteiger partial charge in [0.1, 0.15) is 0 Å². The van der Waals surface area contributed by atoms with Gasteiger partial charge in [0.25, 0.3) is 0 Å².